The number of sulfonamides is 1. The van der Waals surface area contributed by atoms with Gasteiger partial charge < -0.3 is 5.32 Å². The quantitative estimate of drug-likeness (QED) is 0.849. The predicted octanol–water partition coefficient (Wildman–Crippen LogP) is 0.460. The van der Waals surface area contributed by atoms with Gasteiger partial charge in [-0.05, 0) is 12.1 Å². The van der Waals surface area contributed by atoms with Crippen molar-refractivity contribution in [2.75, 3.05) is 23.7 Å². The Hall–Kier alpha value is -2.07. The predicted molar refractivity (Wildman–Crippen MR) is 72.0 cm³/mol. The first kappa shape index (κ1) is 15.0. The van der Waals surface area contributed by atoms with Gasteiger partial charge in [-0.15, -0.1) is 0 Å². The SMILES string of the molecule is CC(=O)NCCN(c1ccccc1C#N)S(C)(=O)=O. The number of amides is 1. The van der Waals surface area contributed by atoms with Crippen molar-refractivity contribution in [3.8, 4) is 6.07 Å². The Labute approximate surface area is 112 Å². The third kappa shape index (κ3) is 4.26. The summed E-state index contributed by atoms with van der Waals surface area (Å²) in [5.74, 6) is -0.234. The Morgan fingerprint density at radius 3 is 2.58 bits per heavy atom. The minimum absolute atomic E-state index is 0.0805. The Morgan fingerprint density at radius 1 is 1.42 bits per heavy atom. The van der Waals surface area contributed by atoms with Gasteiger partial charge in [0.1, 0.15) is 6.07 Å². The van der Waals surface area contributed by atoms with Crippen LogP contribution in [0.3, 0.4) is 0 Å². The molecule has 0 atom stereocenters. The van der Waals surface area contributed by atoms with Crippen molar-refractivity contribution >= 4 is 21.6 Å². The van der Waals surface area contributed by atoms with Gasteiger partial charge in [0.2, 0.25) is 15.9 Å². The van der Waals surface area contributed by atoms with Gasteiger partial charge >= 0.3 is 0 Å². The van der Waals surface area contributed by atoms with Gasteiger partial charge in [0, 0.05) is 13.5 Å². The number of nitriles is 1. The zero-order valence-electron chi connectivity index (χ0n) is 10.8. The summed E-state index contributed by atoms with van der Waals surface area (Å²) in [5, 5.41) is 11.5. The molecule has 0 saturated heterocycles. The van der Waals surface area contributed by atoms with Gasteiger partial charge in [-0.25, -0.2) is 8.42 Å². The van der Waals surface area contributed by atoms with E-state index in [0.29, 0.717) is 5.69 Å². The Morgan fingerprint density at radius 2 is 2.05 bits per heavy atom. The van der Waals surface area contributed by atoms with Crippen LogP contribution in [0.15, 0.2) is 24.3 Å². The first-order valence-electron chi connectivity index (χ1n) is 5.57. The summed E-state index contributed by atoms with van der Waals surface area (Å²) in [6.07, 6.45) is 1.06. The van der Waals surface area contributed by atoms with Gasteiger partial charge in [0.15, 0.2) is 0 Å². The fourth-order valence-corrected chi connectivity index (χ4v) is 2.52. The van der Waals surface area contributed by atoms with Crippen molar-refractivity contribution < 1.29 is 13.2 Å². The number of carbonyl (C=O) groups excluding carboxylic acids is 1. The van der Waals surface area contributed by atoms with Gasteiger partial charge in [-0.3, -0.25) is 9.10 Å². The molecule has 0 radical (unpaired) electrons. The molecular weight excluding hydrogens is 266 g/mol. The molecule has 0 unspecified atom stereocenters. The van der Waals surface area contributed by atoms with E-state index in [-0.39, 0.29) is 24.6 Å². The minimum atomic E-state index is -3.52. The smallest absolute Gasteiger partial charge is 0.232 e. The number of hydrogen-bond acceptors (Lipinski definition) is 4. The van der Waals surface area contributed by atoms with Crippen molar-refractivity contribution in [1.29, 1.82) is 5.26 Å². The van der Waals surface area contributed by atoms with E-state index in [1.807, 2.05) is 6.07 Å². The highest BCUT2D eigenvalue weighted by Gasteiger charge is 2.19. The van der Waals surface area contributed by atoms with Crippen LogP contribution in [0, 0.1) is 11.3 Å². The van der Waals surface area contributed by atoms with Crippen LogP contribution in [0.5, 0.6) is 0 Å². The molecule has 0 aliphatic rings. The molecule has 0 fully saturated rings. The van der Waals surface area contributed by atoms with Crippen LogP contribution in [0.1, 0.15) is 12.5 Å². The summed E-state index contributed by atoms with van der Waals surface area (Å²) >= 11 is 0. The summed E-state index contributed by atoms with van der Waals surface area (Å²) in [6, 6.07) is 8.39. The molecule has 0 spiro atoms. The van der Waals surface area contributed by atoms with Crippen LogP contribution in [0.25, 0.3) is 0 Å². The molecular formula is C12H15N3O3S. The normalized spacial score (nSPS) is 10.6. The number of rotatable bonds is 5. The topological polar surface area (TPSA) is 90.3 Å². The minimum Gasteiger partial charge on any atom is -0.355 e. The molecule has 0 saturated carbocycles. The lowest BCUT2D eigenvalue weighted by Crippen LogP contribution is -2.37. The lowest BCUT2D eigenvalue weighted by Gasteiger charge is -2.23. The van der Waals surface area contributed by atoms with Crippen LogP contribution in [0.2, 0.25) is 0 Å². The van der Waals surface area contributed by atoms with E-state index >= 15 is 0 Å². The van der Waals surface area contributed by atoms with E-state index in [4.69, 9.17) is 5.26 Å². The van der Waals surface area contributed by atoms with Gasteiger partial charge in [-0.1, -0.05) is 12.1 Å². The maximum absolute atomic E-state index is 11.8. The number of carbonyl (C=O) groups is 1. The molecule has 1 N–H and O–H groups in total. The highest BCUT2D eigenvalue weighted by atomic mass is 32.2. The van der Waals surface area contributed by atoms with Gasteiger partial charge in [0.25, 0.3) is 0 Å². The summed E-state index contributed by atoms with van der Waals surface area (Å²) in [5.41, 5.74) is 0.591. The standard InChI is InChI=1S/C12H15N3O3S/c1-10(16)14-7-8-15(19(2,17)18)12-6-4-3-5-11(12)9-13/h3-6H,7-8H2,1-2H3,(H,14,16). The van der Waals surface area contributed by atoms with Crippen molar-refractivity contribution in [1.82, 2.24) is 5.32 Å². The van der Waals surface area contributed by atoms with E-state index < -0.39 is 10.0 Å². The van der Waals surface area contributed by atoms with E-state index in [2.05, 4.69) is 5.32 Å². The Kier molecular flexibility index (Phi) is 4.89. The van der Waals surface area contributed by atoms with Crippen LogP contribution < -0.4 is 9.62 Å². The third-order valence-electron chi connectivity index (χ3n) is 2.38. The zero-order chi connectivity index (χ0) is 14.5. The summed E-state index contributed by atoms with van der Waals surface area (Å²) in [7, 11) is -3.52. The second kappa shape index (κ2) is 6.20. The number of para-hydroxylation sites is 1. The van der Waals surface area contributed by atoms with Crippen molar-refractivity contribution in [3.05, 3.63) is 29.8 Å². The van der Waals surface area contributed by atoms with E-state index in [1.54, 1.807) is 24.3 Å². The van der Waals surface area contributed by atoms with Crippen LogP contribution in [-0.2, 0) is 14.8 Å². The monoisotopic (exact) mass is 281 g/mol. The lowest BCUT2D eigenvalue weighted by atomic mass is 10.2. The Balaban J connectivity index is 3.05. The molecule has 7 heteroatoms. The average Bonchev–Trinajstić information content (AvgIpc) is 2.33. The molecule has 1 aromatic rings. The number of hydrogen-bond donors (Lipinski definition) is 1. The maximum atomic E-state index is 11.8. The molecule has 0 aliphatic carbocycles. The summed E-state index contributed by atoms with van der Waals surface area (Å²) < 4.78 is 24.7. The van der Waals surface area contributed by atoms with Crippen LogP contribution in [-0.4, -0.2) is 33.7 Å². The fraction of sp³-hybridized carbons (Fsp3) is 0.333. The number of benzene rings is 1. The molecule has 1 amide bonds. The number of nitrogens with zero attached hydrogens (tertiary/aromatic N) is 2. The van der Waals surface area contributed by atoms with Crippen molar-refractivity contribution in [3.63, 3.8) is 0 Å². The molecule has 1 aromatic carbocycles. The lowest BCUT2D eigenvalue weighted by molar-refractivity contribution is -0.118. The van der Waals surface area contributed by atoms with Gasteiger partial charge in [0.05, 0.1) is 24.1 Å². The van der Waals surface area contributed by atoms with Crippen LogP contribution >= 0.6 is 0 Å². The summed E-state index contributed by atoms with van der Waals surface area (Å²) in [6.45, 7) is 1.62. The van der Waals surface area contributed by atoms with E-state index in [9.17, 15) is 13.2 Å². The molecule has 0 aliphatic heterocycles. The zero-order valence-corrected chi connectivity index (χ0v) is 11.6. The second-order valence-electron chi connectivity index (χ2n) is 3.95. The number of anilines is 1. The van der Waals surface area contributed by atoms with Crippen molar-refractivity contribution in [2.45, 2.75) is 6.92 Å². The molecule has 0 aromatic heterocycles. The van der Waals surface area contributed by atoms with E-state index in [0.717, 1.165) is 10.6 Å². The molecule has 1 rings (SSSR count). The highest BCUT2D eigenvalue weighted by molar-refractivity contribution is 7.92. The van der Waals surface area contributed by atoms with Crippen molar-refractivity contribution in [2.24, 2.45) is 0 Å². The number of nitrogens with one attached hydrogen (secondary N) is 1. The molecule has 0 heterocycles. The average molecular weight is 281 g/mol. The largest absolute Gasteiger partial charge is 0.355 e. The first-order chi connectivity index (χ1) is 8.86. The van der Waals surface area contributed by atoms with E-state index in [1.165, 1.54) is 6.92 Å². The molecule has 19 heavy (non-hydrogen) atoms. The van der Waals surface area contributed by atoms with Crippen LogP contribution in [0.4, 0.5) is 5.69 Å². The molecule has 6 nitrogen and oxygen atoms in total. The Bertz CT molecular complexity index is 605. The van der Waals surface area contributed by atoms with Gasteiger partial charge in [-0.2, -0.15) is 5.26 Å². The second-order valence-corrected chi connectivity index (χ2v) is 5.85. The first-order valence-corrected chi connectivity index (χ1v) is 7.42. The fourth-order valence-electron chi connectivity index (χ4n) is 1.58. The highest BCUT2D eigenvalue weighted by Crippen LogP contribution is 2.21. The summed E-state index contributed by atoms with van der Waals surface area (Å²) in [4.78, 5) is 10.8. The molecule has 102 valence electrons. The third-order valence-corrected chi connectivity index (χ3v) is 3.56. The molecule has 0 bridgehead atoms. The maximum Gasteiger partial charge on any atom is 0.232 e.